The van der Waals surface area contributed by atoms with Gasteiger partial charge in [0.15, 0.2) is 11.0 Å². The van der Waals surface area contributed by atoms with Gasteiger partial charge in [-0.1, -0.05) is 29.1 Å². The van der Waals surface area contributed by atoms with Gasteiger partial charge < -0.3 is 13.8 Å². The monoisotopic (exact) mass is 330 g/mol. The number of thioether (sulfide) groups is 1. The van der Waals surface area contributed by atoms with Crippen molar-refractivity contribution in [3.05, 3.63) is 41.8 Å². The molecule has 0 bridgehead atoms. The van der Waals surface area contributed by atoms with Crippen molar-refractivity contribution in [3.8, 4) is 17.1 Å². The minimum absolute atomic E-state index is 0.696. The predicted octanol–water partition coefficient (Wildman–Crippen LogP) is 3.56. The second-order valence-corrected chi connectivity index (χ2v) is 5.91. The third kappa shape index (κ3) is 3.24. The van der Waals surface area contributed by atoms with Crippen molar-refractivity contribution in [1.82, 2.24) is 19.9 Å². The normalized spacial score (nSPS) is 10.9. The predicted molar refractivity (Wildman–Crippen MR) is 88.5 cm³/mol. The lowest BCUT2D eigenvalue weighted by atomic mass is 10.2. The molecule has 0 saturated carbocycles. The zero-order valence-corrected chi connectivity index (χ0v) is 14.1. The van der Waals surface area contributed by atoms with Crippen molar-refractivity contribution in [1.29, 1.82) is 0 Å². The van der Waals surface area contributed by atoms with Crippen LogP contribution in [0.2, 0.25) is 0 Å². The maximum Gasteiger partial charge on any atom is 0.191 e. The van der Waals surface area contributed by atoms with E-state index in [4.69, 9.17) is 9.26 Å². The highest BCUT2D eigenvalue weighted by Crippen LogP contribution is 2.31. The van der Waals surface area contributed by atoms with Crippen LogP contribution in [0.1, 0.15) is 18.4 Å². The number of para-hydroxylation sites is 1. The third-order valence-electron chi connectivity index (χ3n) is 3.41. The first kappa shape index (κ1) is 15.6. The smallest absolute Gasteiger partial charge is 0.191 e. The number of aryl methyl sites for hydroxylation is 1. The molecule has 0 aliphatic heterocycles. The summed E-state index contributed by atoms with van der Waals surface area (Å²) in [6.07, 6.45) is 0. The zero-order valence-electron chi connectivity index (χ0n) is 13.3. The lowest BCUT2D eigenvalue weighted by Gasteiger charge is -2.10. The van der Waals surface area contributed by atoms with Crippen LogP contribution in [-0.2, 0) is 12.3 Å². The van der Waals surface area contributed by atoms with E-state index in [1.165, 1.54) is 0 Å². The Hall–Kier alpha value is -2.28. The third-order valence-corrected chi connectivity index (χ3v) is 4.41. The van der Waals surface area contributed by atoms with Gasteiger partial charge in [-0.2, -0.15) is 0 Å². The molecule has 7 heteroatoms. The Labute approximate surface area is 138 Å². The highest BCUT2D eigenvalue weighted by molar-refractivity contribution is 7.98. The fourth-order valence-corrected chi connectivity index (χ4v) is 3.22. The number of nitrogens with zero attached hydrogens (tertiary/aromatic N) is 4. The van der Waals surface area contributed by atoms with Gasteiger partial charge in [0.1, 0.15) is 11.5 Å². The van der Waals surface area contributed by atoms with Crippen LogP contribution in [0.15, 0.2) is 40.0 Å². The Bertz CT molecular complexity index is 797. The van der Waals surface area contributed by atoms with Crippen molar-refractivity contribution in [2.24, 2.45) is 0 Å². The molecule has 0 aliphatic rings. The average Bonchev–Trinajstić information content (AvgIpc) is 3.18. The lowest BCUT2D eigenvalue weighted by molar-refractivity contribution is 0.393. The van der Waals surface area contributed by atoms with Crippen LogP contribution in [0.25, 0.3) is 11.4 Å². The average molecular weight is 330 g/mol. The molecule has 0 aliphatic carbocycles. The van der Waals surface area contributed by atoms with Crippen LogP contribution in [-0.4, -0.2) is 27.0 Å². The van der Waals surface area contributed by atoms with Gasteiger partial charge in [0, 0.05) is 18.4 Å². The molecule has 0 atom stereocenters. The van der Waals surface area contributed by atoms with Gasteiger partial charge in [0.2, 0.25) is 0 Å². The molecule has 6 nitrogen and oxygen atoms in total. The fraction of sp³-hybridized carbons (Fsp3) is 0.312. The number of hydrogen-bond acceptors (Lipinski definition) is 6. The van der Waals surface area contributed by atoms with Gasteiger partial charge in [0.25, 0.3) is 0 Å². The highest BCUT2D eigenvalue weighted by atomic mass is 32.2. The van der Waals surface area contributed by atoms with E-state index in [1.807, 2.05) is 37.3 Å². The Morgan fingerprint density at radius 1 is 1.26 bits per heavy atom. The molecule has 0 spiro atoms. The number of rotatable bonds is 6. The summed E-state index contributed by atoms with van der Waals surface area (Å²) in [5.74, 6) is 3.11. The minimum Gasteiger partial charge on any atom is -0.496 e. The lowest BCUT2D eigenvalue weighted by Crippen LogP contribution is -2.01. The van der Waals surface area contributed by atoms with Gasteiger partial charge in [-0.3, -0.25) is 0 Å². The van der Waals surface area contributed by atoms with Gasteiger partial charge in [-0.05, 0) is 26.0 Å². The molecule has 0 saturated heterocycles. The Balaban J connectivity index is 1.87. The first-order chi connectivity index (χ1) is 11.2. The molecule has 2 heterocycles. The SMILES string of the molecule is CCn1c(SCc2cc(C)on2)nnc1-c1ccccc1OC. The summed E-state index contributed by atoms with van der Waals surface area (Å²) in [4.78, 5) is 0. The van der Waals surface area contributed by atoms with Gasteiger partial charge in [-0.25, -0.2) is 0 Å². The quantitative estimate of drug-likeness (QED) is 0.644. The van der Waals surface area contributed by atoms with E-state index in [1.54, 1.807) is 18.9 Å². The number of benzene rings is 1. The summed E-state index contributed by atoms with van der Waals surface area (Å²) in [5.41, 5.74) is 1.84. The summed E-state index contributed by atoms with van der Waals surface area (Å²) in [6, 6.07) is 9.76. The number of aromatic nitrogens is 4. The molecule has 1 aromatic carbocycles. The Morgan fingerprint density at radius 2 is 2.09 bits per heavy atom. The van der Waals surface area contributed by atoms with Gasteiger partial charge in [-0.15, -0.1) is 10.2 Å². The van der Waals surface area contributed by atoms with E-state index in [9.17, 15) is 0 Å². The molecule has 120 valence electrons. The summed E-state index contributed by atoms with van der Waals surface area (Å²) in [7, 11) is 1.66. The van der Waals surface area contributed by atoms with Crippen molar-refractivity contribution < 1.29 is 9.26 Å². The first-order valence-corrected chi connectivity index (χ1v) is 8.33. The van der Waals surface area contributed by atoms with Crippen LogP contribution in [0.3, 0.4) is 0 Å². The van der Waals surface area contributed by atoms with E-state index >= 15 is 0 Å². The maximum atomic E-state index is 5.43. The summed E-state index contributed by atoms with van der Waals surface area (Å²) < 4.78 is 12.6. The van der Waals surface area contributed by atoms with E-state index in [0.29, 0.717) is 5.75 Å². The molecule has 0 fully saturated rings. The van der Waals surface area contributed by atoms with Crippen LogP contribution >= 0.6 is 11.8 Å². The molecule has 3 aromatic rings. The van der Waals surface area contributed by atoms with Crippen molar-refractivity contribution in [3.63, 3.8) is 0 Å². The van der Waals surface area contributed by atoms with E-state index < -0.39 is 0 Å². The van der Waals surface area contributed by atoms with Crippen molar-refractivity contribution in [2.75, 3.05) is 7.11 Å². The van der Waals surface area contributed by atoms with Gasteiger partial charge >= 0.3 is 0 Å². The van der Waals surface area contributed by atoms with E-state index in [-0.39, 0.29) is 0 Å². The van der Waals surface area contributed by atoms with Gasteiger partial charge in [0.05, 0.1) is 18.4 Å². The largest absolute Gasteiger partial charge is 0.496 e. The van der Waals surface area contributed by atoms with Crippen LogP contribution < -0.4 is 4.74 Å². The molecular weight excluding hydrogens is 312 g/mol. The van der Waals surface area contributed by atoms with Crippen molar-refractivity contribution in [2.45, 2.75) is 31.3 Å². The molecular formula is C16H18N4O2S. The van der Waals surface area contributed by atoms with E-state index in [0.717, 1.165) is 40.3 Å². The summed E-state index contributed by atoms with van der Waals surface area (Å²) in [6.45, 7) is 4.74. The Morgan fingerprint density at radius 3 is 2.78 bits per heavy atom. The summed E-state index contributed by atoms with van der Waals surface area (Å²) >= 11 is 1.59. The molecule has 0 radical (unpaired) electrons. The molecule has 0 amide bonds. The molecule has 2 aromatic heterocycles. The van der Waals surface area contributed by atoms with Crippen LogP contribution in [0.4, 0.5) is 0 Å². The van der Waals surface area contributed by atoms with E-state index in [2.05, 4.69) is 26.8 Å². The zero-order chi connectivity index (χ0) is 16.2. The molecule has 3 rings (SSSR count). The number of hydrogen-bond donors (Lipinski definition) is 0. The Kier molecular flexibility index (Phi) is 4.66. The maximum absolute atomic E-state index is 5.43. The summed E-state index contributed by atoms with van der Waals surface area (Å²) in [5, 5.41) is 13.5. The standard InChI is InChI=1S/C16H18N4O2S/c1-4-20-15(13-7-5-6-8-14(13)21-3)17-18-16(20)23-10-12-9-11(2)22-19-12/h5-9H,4,10H2,1-3H3. The number of methoxy groups -OCH3 is 1. The van der Waals surface area contributed by atoms with Crippen molar-refractivity contribution >= 4 is 11.8 Å². The van der Waals surface area contributed by atoms with Crippen LogP contribution in [0.5, 0.6) is 5.75 Å². The second-order valence-electron chi connectivity index (χ2n) is 4.97. The fourth-order valence-electron chi connectivity index (χ4n) is 2.33. The topological polar surface area (TPSA) is 66.0 Å². The minimum atomic E-state index is 0.696. The molecule has 0 N–H and O–H groups in total. The highest BCUT2D eigenvalue weighted by Gasteiger charge is 2.16. The first-order valence-electron chi connectivity index (χ1n) is 7.34. The molecule has 0 unspecified atom stereocenters. The second kappa shape index (κ2) is 6.87. The molecule has 23 heavy (non-hydrogen) atoms. The number of ether oxygens (including phenoxy) is 1. The van der Waals surface area contributed by atoms with Crippen LogP contribution in [0, 0.1) is 6.92 Å².